The molecule has 23 heavy (non-hydrogen) atoms. The topological polar surface area (TPSA) is 82.5 Å². The Kier molecular flexibility index (Phi) is 5.02. The third kappa shape index (κ3) is 3.76. The first kappa shape index (κ1) is 16.1. The Morgan fingerprint density at radius 2 is 2.04 bits per heavy atom. The molecule has 7 heteroatoms. The largest absolute Gasteiger partial charge is 0.383 e. The van der Waals surface area contributed by atoms with Crippen LogP contribution in [0.4, 0.5) is 0 Å². The van der Waals surface area contributed by atoms with Gasteiger partial charge in [-0.15, -0.1) is 22.7 Å². The van der Waals surface area contributed by atoms with Gasteiger partial charge < -0.3 is 15.5 Å². The molecule has 0 saturated heterocycles. The summed E-state index contributed by atoms with van der Waals surface area (Å²) in [7, 11) is 0. The zero-order chi connectivity index (χ0) is 16.2. The smallest absolute Gasteiger partial charge is 0.252 e. The lowest BCUT2D eigenvalue weighted by Crippen LogP contribution is -2.39. The molecule has 0 unspecified atom stereocenters. The second kappa shape index (κ2) is 7.18. The SMILES string of the molecule is O=C(NCCc1cccs1)[C@H](O)[C@@H](O)c1nc2ccccc2s1. The molecule has 2 heterocycles. The fourth-order valence-corrected chi connectivity index (χ4v) is 3.86. The van der Waals surface area contributed by atoms with E-state index in [1.807, 2.05) is 41.8 Å². The van der Waals surface area contributed by atoms with Crippen LogP contribution in [0.2, 0.25) is 0 Å². The van der Waals surface area contributed by atoms with Gasteiger partial charge in [-0.2, -0.15) is 0 Å². The van der Waals surface area contributed by atoms with E-state index in [4.69, 9.17) is 0 Å². The highest BCUT2D eigenvalue weighted by molar-refractivity contribution is 7.18. The maximum atomic E-state index is 12.0. The van der Waals surface area contributed by atoms with Crippen LogP contribution >= 0.6 is 22.7 Å². The molecule has 3 rings (SSSR count). The van der Waals surface area contributed by atoms with Crippen molar-refractivity contribution in [2.45, 2.75) is 18.6 Å². The van der Waals surface area contributed by atoms with Crippen molar-refractivity contribution in [1.82, 2.24) is 10.3 Å². The first-order valence-electron chi connectivity index (χ1n) is 7.17. The number of fused-ring (bicyclic) bond motifs is 1. The number of thiophene rings is 1. The van der Waals surface area contributed by atoms with E-state index in [-0.39, 0.29) is 0 Å². The first-order chi connectivity index (χ1) is 11.1. The van der Waals surface area contributed by atoms with E-state index in [9.17, 15) is 15.0 Å². The molecule has 0 aliphatic carbocycles. The lowest BCUT2D eigenvalue weighted by molar-refractivity contribution is -0.135. The van der Waals surface area contributed by atoms with Crippen molar-refractivity contribution < 1.29 is 15.0 Å². The Bertz CT molecular complexity index is 753. The van der Waals surface area contributed by atoms with E-state index in [1.165, 1.54) is 11.3 Å². The van der Waals surface area contributed by atoms with Gasteiger partial charge in [0, 0.05) is 11.4 Å². The summed E-state index contributed by atoms with van der Waals surface area (Å²) < 4.78 is 0.909. The number of nitrogens with one attached hydrogen (secondary N) is 1. The average Bonchev–Trinajstić information content (AvgIpc) is 3.22. The van der Waals surface area contributed by atoms with Gasteiger partial charge in [-0.05, 0) is 30.0 Å². The second-order valence-corrected chi connectivity index (χ2v) is 7.12. The number of nitrogens with zero attached hydrogens (tertiary/aromatic N) is 1. The number of carbonyl (C=O) groups excluding carboxylic acids is 1. The standard InChI is InChI=1S/C16H16N2O3S2/c19-13(15(21)17-8-7-10-4-3-9-22-10)14(20)16-18-11-5-1-2-6-12(11)23-16/h1-6,9,13-14,19-20H,7-8H2,(H,17,21)/t13-,14-/m1/s1. The van der Waals surface area contributed by atoms with E-state index >= 15 is 0 Å². The Balaban J connectivity index is 1.59. The average molecular weight is 348 g/mol. The predicted molar refractivity (Wildman–Crippen MR) is 91.6 cm³/mol. The van der Waals surface area contributed by atoms with Crippen LogP contribution in [0.1, 0.15) is 16.0 Å². The molecule has 5 nitrogen and oxygen atoms in total. The summed E-state index contributed by atoms with van der Waals surface area (Å²) in [5.41, 5.74) is 0.747. The quantitative estimate of drug-likeness (QED) is 0.637. The number of amides is 1. The van der Waals surface area contributed by atoms with Crippen molar-refractivity contribution in [2.75, 3.05) is 6.54 Å². The summed E-state index contributed by atoms with van der Waals surface area (Å²) >= 11 is 2.89. The van der Waals surface area contributed by atoms with Crippen LogP contribution in [-0.2, 0) is 11.2 Å². The minimum absolute atomic E-state index is 0.340. The zero-order valence-corrected chi connectivity index (χ0v) is 13.8. The highest BCUT2D eigenvalue weighted by Gasteiger charge is 2.28. The number of para-hydroxylation sites is 1. The van der Waals surface area contributed by atoms with E-state index in [0.29, 0.717) is 18.0 Å². The summed E-state index contributed by atoms with van der Waals surface area (Å²) in [6.07, 6.45) is -2.15. The van der Waals surface area contributed by atoms with Crippen LogP contribution in [-0.4, -0.2) is 33.8 Å². The predicted octanol–water partition coefficient (Wildman–Crippen LogP) is 2.11. The van der Waals surface area contributed by atoms with Crippen LogP contribution in [0, 0.1) is 0 Å². The van der Waals surface area contributed by atoms with E-state index in [0.717, 1.165) is 15.1 Å². The van der Waals surface area contributed by atoms with Crippen molar-refractivity contribution in [3.63, 3.8) is 0 Å². The van der Waals surface area contributed by atoms with E-state index < -0.39 is 18.1 Å². The van der Waals surface area contributed by atoms with Crippen molar-refractivity contribution in [3.05, 3.63) is 51.7 Å². The number of hydrogen-bond acceptors (Lipinski definition) is 6. The number of carbonyl (C=O) groups is 1. The van der Waals surface area contributed by atoms with Gasteiger partial charge in [-0.1, -0.05) is 18.2 Å². The maximum Gasteiger partial charge on any atom is 0.252 e. The van der Waals surface area contributed by atoms with Gasteiger partial charge >= 0.3 is 0 Å². The number of aliphatic hydroxyl groups excluding tert-OH is 2. The molecule has 3 aromatic rings. The third-order valence-corrected chi connectivity index (χ3v) is 5.43. The number of rotatable bonds is 6. The summed E-state index contributed by atoms with van der Waals surface area (Å²) in [5, 5.41) is 25.2. The van der Waals surface area contributed by atoms with E-state index in [1.54, 1.807) is 11.3 Å². The van der Waals surface area contributed by atoms with Crippen LogP contribution < -0.4 is 5.32 Å². The molecule has 2 aromatic heterocycles. The van der Waals surface area contributed by atoms with Gasteiger partial charge in [-0.3, -0.25) is 4.79 Å². The molecular weight excluding hydrogens is 332 g/mol. The summed E-state index contributed by atoms with van der Waals surface area (Å²) in [6.45, 7) is 0.420. The van der Waals surface area contributed by atoms with Gasteiger partial charge in [0.15, 0.2) is 6.10 Å². The molecule has 2 atom stereocenters. The molecule has 1 aromatic carbocycles. The Hall–Kier alpha value is -1.80. The number of aliphatic hydroxyl groups is 2. The fraction of sp³-hybridized carbons (Fsp3) is 0.250. The first-order valence-corrected chi connectivity index (χ1v) is 8.86. The Labute approximate surface area is 141 Å². The number of thiazole rings is 1. The normalized spacial score (nSPS) is 13.8. The second-order valence-electron chi connectivity index (χ2n) is 5.03. The molecule has 0 fully saturated rings. The van der Waals surface area contributed by atoms with Crippen LogP contribution in [0.3, 0.4) is 0 Å². The molecule has 120 valence electrons. The number of benzene rings is 1. The molecule has 0 aliphatic rings. The monoisotopic (exact) mass is 348 g/mol. The fourth-order valence-electron chi connectivity index (χ4n) is 2.16. The third-order valence-electron chi connectivity index (χ3n) is 3.38. The Morgan fingerprint density at radius 1 is 1.22 bits per heavy atom. The van der Waals surface area contributed by atoms with Crippen LogP contribution in [0.15, 0.2) is 41.8 Å². The van der Waals surface area contributed by atoms with Gasteiger partial charge in [0.2, 0.25) is 0 Å². The molecule has 0 saturated carbocycles. The summed E-state index contributed by atoms with van der Waals surface area (Å²) in [6, 6.07) is 11.4. The van der Waals surface area contributed by atoms with Crippen molar-refractivity contribution in [1.29, 1.82) is 0 Å². The van der Waals surface area contributed by atoms with Crippen LogP contribution in [0.5, 0.6) is 0 Å². The highest BCUT2D eigenvalue weighted by Crippen LogP contribution is 2.27. The lowest BCUT2D eigenvalue weighted by atomic mass is 10.2. The molecular formula is C16H16N2O3S2. The van der Waals surface area contributed by atoms with Gasteiger partial charge in [-0.25, -0.2) is 4.98 Å². The summed E-state index contributed by atoms with van der Waals surface area (Å²) in [5.74, 6) is -0.590. The van der Waals surface area contributed by atoms with Crippen molar-refractivity contribution in [2.24, 2.45) is 0 Å². The number of hydrogen-bond donors (Lipinski definition) is 3. The van der Waals surface area contributed by atoms with Crippen molar-refractivity contribution >= 4 is 38.8 Å². The van der Waals surface area contributed by atoms with Crippen LogP contribution in [0.25, 0.3) is 10.2 Å². The van der Waals surface area contributed by atoms with Crippen molar-refractivity contribution in [3.8, 4) is 0 Å². The Morgan fingerprint density at radius 3 is 2.78 bits per heavy atom. The minimum atomic E-state index is -1.53. The lowest BCUT2D eigenvalue weighted by Gasteiger charge is -2.15. The molecule has 3 N–H and O–H groups in total. The molecule has 1 amide bonds. The van der Waals surface area contributed by atoms with Gasteiger partial charge in [0.1, 0.15) is 11.1 Å². The molecule has 0 aliphatic heterocycles. The van der Waals surface area contributed by atoms with E-state index in [2.05, 4.69) is 10.3 Å². The molecule has 0 bridgehead atoms. The maximum absolute atomic E-state index is 12.0. The van der Waals surface area contributed by atoms with Gasteiger partial charge in [0.05, 0.1) is 10.2 Å². The van der Waals surface area contributed by atoms with Gasteiger partial charge in [0.25, 0.3) is 5.91 Å². The molecule has 0 spiro atoms. The minimum Gasteiger partial charge on any atom is -0.383 e. The summed E-state index contributed by atoms with van der Waals surface area (Å²) in [4.78, 5) is 17.4. The number of aromatic nitrogens is 1. The molecule has 0 radical (unpaired) electrons. The zero-order valence-electron chi connectivity index (χ0n) is 12.2. The highest BCUT2D eigenvalue weighted by atomic mass is 32.1.